The number of fused-ring (bicyclic) bond motifs is 1. The van der Waals surface area contributed by atoms with Crippen molar-refractivity contribution in [2.75, 3.05) is 6.61 Å². The molecule has 2 aromatic carbocycles. The van der Waals surface area contributed by atoms with Crippen LogP contribution in [0.5, 0.6) is 5.75 Å². The van der Waals surface area contributed by atoms with Crippen LogP contribution in [0.2, 0.25) is 0 Å². The number of aryl methyl sites for hydroxylation is 1. The maximum atomic E-state index is 15.2. The molecule has 0 radical (unpaired) electrons. The summed E-state index contributed by atoms with van der Waals surface area (Å²) in [6, 6.07) is 12.6. The van der Waals surface area contributed by atoms with E-state index < -0.39 is 0 Å². The van der Waals surface area contributed by atoms with Crippen molar-refractivity contribution in [1.82, 2.24) is 0 Å². The van der Waals surface area contributed by atoms with E-state index in [9.17, 15) is 0 Å². The monoisotopic (exact) mass is 422 g/mol. The summed E-state index contributed by atoms with van der Waals surface area (Å²) in [5.74, 6) is 2.71. The van der Waals surface area contributed by atoms with Crippen LogP contribution in [0.3, 0.4) is 0 Å². The first kappa shape index (κ1) is 22.4. The van der Waals surface area contributed by atoms with E-state index in [4.69, 9.17) is 4.74 Å². The molecule has 0 aromatic heterocycles. The lowest BCUT2D eigenvalue weighted by atomic mass is 9.76. The Kier molecular flexibility index (Phi) is 7.69. The molecular formula is C29H39FO. The fourth-order valence-corrected chi connectivity index (χ4v) is 5.85. The van der Waals surface area contributed by atoms with Crippen molar-refractivity contribution in [3.05, 3.63) is 64.5 Å². The topological polar surface area (TPSA) is 9.23 Å². The van der Waals surface area contributed by atoms with Gasteiger partial charge in [-0.25, -0.2) is 4.39 Å². The minimum Gasteiger partial charge on any atom is -0.494 e. The maximum absolute atomic E-state index is 15.2. The van der Waals surface area contributed by atoms with E-state index in [1.54, 1.807) is 0 Å². The van der Waals surface area contributed by atoms with Gasteiger partial charge in [0.15, 0.2) is 0 Å². The summed E-state index contributed by atoms with van der Waals surface area (Å²) in [7, 11) is 0. The SMILES string of the molecule is CCCCCC1CCC(c2ccc(C3CCc4cc(OCC)ccc4C3)c(F)c2)CC1. The van der Waals surface area contributed by atoms with Crippen LogP contribution < -0.4 is 4.74 Å². The lowest BCUT2D eigenvalue weighted by molar-refractivity contribution is 0.302. The number of unbranched alkanes of at least 4 members (excludes halogenated alkanes) is 2. The largest absolute Gasteiger partial charge is 0.494 e. The van der Waals surface area contributed by atoms with Crippen molar-refractivity contribution >= 4 is 0 Å². The molecule has 2 aromatic rings. The predicted molar refractivity (Wildman–Crippen MR) is 128 cm³/mol. The lowest BCUT2D eigenvalue weighted by Gasteiger charge is -2.30. The molecular weight excluding hydrogens is 383 g/mol. The average Bonchev–Trinajstić information content (AvgIpc) is 2.79. The minimum absolute atomic E-state index is 0.0157. The average molecular weight is 423 g/mol. The molecule has 168 valence electrons. The van der Waals surface area contributed by atoms with Gasteiger partial charge in [-0.3, -0.25) is 0 Å². The molecule has 1 saturated carbocycles. The highest BCUT2D eigenvalue weighted by Gasteiger charge is 2.26. The van der Waals surface area contributed by atoms with E-state index in [0.717, 1.165) is 36.5 Å². The molecule has 0 saturated heterocycles. The van der Waals surface area contributed by atoms with Crippen LogP contribution in [0.15, 0.2) is 36.4 Å². The number of hydrogen-bond acceptors (Lipinski definition) is 1. The van der Waals surface area contributed by atoms with Gasteiger partial charge in [-0.15, -0.1) is 0 Å². The molecule has 0 heterocycles. The molecule has 1 fully saturated rings. The first-order valence-electron chi connectivity index (χ1n) is 12.7. The van der Waals surface area contributed by atoms with Crippen molar-refractivity contribution in [2.24, 2.45) is 5.92 Å². The molecule has 1 unspecified atom stereocenters. The number of hydrogen-bond donors (Lipinski definition) is 0. The smallest absolute Gasteiger partial charge is 0.126 e. The Hall–Kier alpha value is -1.83. The lowest BCUT2D eigenvalue weighted by Crippen LogP contribution is -2.16. The van der Waals surface area contributed by atoms with Crippen molar-refractivity contribution in [1.29, 1.82) is 0 Å². The van der Waals surface area contributed by atoms with E-state index in [0.29, 0.717) is 12.5 Å². The Morgan fingerprint density at radius 3 is 2.45 bits per heavy atom. The molecule has 0 amide bonds. The maximum Gasteiger partial charge on any atom is 0.126 e. The van der Waals surface area contributed by atoms with E-state index in [-0.39, 0.29) is 11.7 Å². The zero-order valence-electron chi connectivity index (χ0n) is 19.5. The number of benzene rings is 2. The van der Waals surface area contributed by atoms with Gasteiger partial charge in [0.2, 0.25) is 0 Å². The Labute approximate surface area is 188 Å². The molecule has 0 bridgehead atoms. The quantitative estimate of drug-likeness (QED) is 0.388. The van der Waals surface area contributed by atoms with Crippen LogP contribution >= 0.6 is 0 Å². The second-order valence-corrected chi connectivity index (χ2v) is 9.80. The van der Waals surface area contributed by atoms with E-state index >= 15 is 4.39 Å². The van der Waals surface area contributed by atoms with Crippen molar-refractivity contribution < 1.29 is 9.13 Å². The van der Waals surface area contributed by atoms with Crippen LogP contribution in [0.4, 0.5) is 4.39 Å². The molecule has 0 aliphatic heterocycles. The first-order chi connectivity index (χ1) is 15.2. The number of ether oxygens (including phenoxy) is 1. The predicted octanol–water partition coefficient (Wildman–Crippen LogP) is 8.35. The summed E-state index contributed by atoms with van der Waals surface area (Å²) in [4.78, 5) is 0. The zero-order valence-corrected chi connectivity index (χ0v) is 19.5. The van der Waals surface area contributed by atoms with Gasteiger partial charge < -0.3 is 4.74 Å². The Morgan fingerprint density at radius 2 is 1.71 bits per heavy atom. The molecule has 2 aliphatic rings. The van der Waals surface area contributed by atoms with E-state index in [1.165, 1.54) is 68.1 Å². The van der Waals surface area contributed by atoms with Gasteiger partial charge in [0.25, 0.3) is 0 Å². The van der Waals surface area contributed by atoms with Gasteiger partial charge in [0.1, 0.15) is 11.6 Å². The second-order valence-electron chi connectivity index (χ2n) is 9.80. The van der Waals surface area contributed by atoms with Gasteiger partial charge in [-0.1, -0.05) is 50.8 Å². The van der Waals surface area contributed by atoms with Crippen molar-refractivity contribution in [2.45, 2.75) is 96.3 Å². The van der Waals surface area contributed by atoms with Gasteiger partial charge >= 0.3 is 0 Å². The molecule has 2 aliphatic carbocycles. The summed E-state index contributed by atoms with van der Waals surface area (Å²) in [6.07, 6.45) is 13.5. The molecule has 1 nitrogen and oxygen atoms in total. The van der Waals surface area contributed by atoms with Crippen LogP contribution in [-0.2, 0) is 12.8 Å². The molecule has 4 rings (SSSR count). The van der Waals surface area contributed by atoms with Crippen molar-refractivity contribution in [3.63, 3.8) is 0 Å². The summed E-state index contributed by atoms with van der Waals surface area (Å²) < 4.78 is 20.8. The number of rotatable bonds is 8. The Morgan fingerprint density at radius 1 is 0.871 bits per heavy atom. The normalized spacial score (nSPS) is 23.4. The van der Waals surface area contributed by atoms with Gasteiger partial charge in [0.05, 0.1) is 6.61 Å². The first-order valence-corrected chi connectivity index (χ1v) is 12.7. The highest BCUT2D eigenvalue weighted by molar-refractivity contribution is 5.40. The minimum atomic E-state index is 0.0157. The third-order valence-corrected chi connectivity index (χ3v) is 7.72. The zero-order chi connectivity index (χ0) is 21.6. The molecule has 0 spiro atoms. The molecule has 2 heteroatoms. The molecule has 0 N–H and O–H groups in total. The third kappa shape index (κ3) is 5.51. The fourth-order valence-electron chi connectivity index (χ4n) is 5.85. The summed E-state index contributed by atoms with van der Waals surface area (Å²) in [5, 5.41) is 0. The molecule has 31 heavy (non-hydrogen) atoms. The van der Waals surface area contributed by atoms with E-state index in [2.05, 4.69) is 37.3 Å². The van der Waals surface area contributed by atoms with Gasteiger partial charge in [-0.2, -0.15) is 0 Å². The second kappa shape index (κ2) is 10.7. The highest BCUT2D eigenvalue weighted by Crippen LogP contribution is 2.40. The summed E-state index contributed by atoms with van der Waals surface area (Å²) >= 11 is 0. The van der Waals surface area contributed by atoms with Gasteiger partial charge in [-0.05, 0) is 110 Å². The third-order valence-electron chi connectivity index (χ3n) is 7.72. The van der Waals surface area contributed by atoms with Crippen LogP contribution in [0.1, 0.15) is 106 Å². The van der Waals surface area contributed by atoms with Crippen molar-refractivity contribution in [3.8, 4) is 5.75 Å². The highest BCUT2D eigenvalue weighted by atomic mass is 19.1. The fraction of sp³-hybridized carbons (Fsp3) is 0.586. The van der Waals surface area contributed by atoms with Gasteiger partial charge in [0, 0.05) is 0 Å². The van der Waals surface area contributed by atoms with Crippen LogP contribution in [-0.4, -0.2) is 6.61 Å². The Balaban J connectivity index is 1.37. The standard InChI is InChI=1S/C29H39FO/c1-3-5-6-7-21-8-10-22(11-9-21)25-15-17-28(29(30)20-25)26-13-12-24-19-27(31-4-2)16-14-23(24)18-26/h14-17,19-22,26H,3-13,18H2,1-2H3. The molecule has 1 atom stereocenters. The van der Waals surface area contributed by atoms with E-state index in [1.807, 2.05) is 13.0 Å². The number of halogens is 1. The summed E-state index contributed by atoms with van der Waals surface area (Å²) in [6.45, 7) is 4.99. The van der Waals surface area contributed by atoms with Crippen LogP contribution in [0, 0.1) is 11.7 Å². The van der Waals surface area contributed by atoms with Crippen LogP contribution in [0.25, 0.3) is 0 Å². The Bertz CT molecular complexity index is 850. The summed E-state index contributed by atoms with van der Waals surface area (Å²) in [5.41, 5.74) is 4.86.